The Balaban J connectivity index is 3.74. The van der Waals surface area contributed by atoms with Gasteiger partial charge >= 0.3 is 14.8 Å². The zero-order valence-corrected chi connectivity index (χ0v) is 17.0. The molecule has 0 radical (unpaired) electrons. The maximum Gasteiger partial charge on any atom is 0.500 e. The van der Waals surface area contributed by atoms with Crippen LogP contribution in [0.5, 0.6) is 0 Å². The molecule has 0 aromatic carbocycles. The highest BCUT2D eigenvalue weighted by Gasteiger charge is 2.36. The maximum atomic E-state index is 11.2. The maximum absolute atomic E-state index is 11.2. The Kier molecular flexibility index (Phi) is 12.6. The monoisotopic (exact) mass is 384 g/mol. The van der Waals surface area contributed by atoms with Crippen molar-refractivity contribution in [2.24, 2.45) is 0 Å². The van der Waals surface area contributed by atoms with E-state index in [0.29, 0.717) is 17.9 Å². The van der Waals surface area contributed by atoms with Crippen molar-refractivity contribution in [3.05, 3.63) is 12.2 Å². The minimum Gasteiger partial charge on any atom is -0.461 e. The summed E-state index contributed by atoms with van der Waals surface area (Å²) < 4.78 is 21.9. The topological polar surface area (TPSA) is 54.0 Å². The zero-order chi connectivity index (χ0) is 17.0. The van der Waals surface area contributed by atoms with Gasteiger partial charge in [-0.25, -0.2) is 4.79 Å². The van der Waals surface area contributed by atoms with Crippen LogP contribution >= 0.6 is 35.7 Å². The van der Waals surface area contributed by atoms with Crippen LogP contribution in [0.4, 0.5) is 0 Å². The van der Waals surface area contributed by atoms with E-state index in [1.54, 1.807) is 40.0 Å². The summed E-state index contributed by atoms with van der Waals surface area (Å²) in [5, 5.41) is 0. The van der Waals surface area contributed by atoms with Crippen LogP contribution in [-0.2, 0) is 22.8 Å². The van der Waals surface area contributed by atoms with E-state index in [0.717, 1.165) is 21.7 Å². The molecule has 0 heterocycles. The van der Waals surface area contributed by atoms with E-state index in [1.165, 1.54) is 11.8 Å². The fourth-order valence-electron chi connectivity index (χ4n) is 1.42. The molecule has 0 aliphatic carbocycles. The van der Waals surface area contributed by atoms with Gasteiger partial charge in [0.15, 0.2) is 0 Å². The SMILES string of the molecule is C=C(C)C(=O)OCCSC(=S)SCCC[Si](OC)(OC)OC. The lowest BCUT2D eigenvalue weighted by Gasteiger charge is -2.24. The van der Waals surface area contributed by atoms with E-state index in [4.69, 9.17) is 30.2 Å². The molecule has 0 amide bonds. The van der Waals surface area contributed by atoms with E-state index in [1.807, 2.05) is 0 Å². The lowest BCUT2D eigenvalue weighted by atomic mass is 10.4. The molecular formula is C13H24O5S3Si. The fraction of sp³-hybridized carbons (Fsp3) is 0.692. The van der Waals surface area contributed by atoms with Gasteiger partial charge in [0.25, 0.3) is 0 Å². The number of carbonyl (C=O) groups is 1. The van der Waals surface area contributed by atoms with Crippen molar-refractivity contribution in [2.75, 3.05) is 39.4 Å². The number of hydrogen-bond acceptors (Lipinski definition) is 8. The van der Waals surface area contributed by atoms with Gasteiger partial charge in [-0.15, -0.1) is 23.5 Å². The van der Waals surface area contributed by atoms with Gasteiger partial charge in [0, 0.05) is 38.7 Å². The molecule has 0 spiro atoms. The lowest BCUT2D eigenvalue weighted by molar-refractivity contribution is -0.138. The first-order chi connectivity index (χ1) is 10.4. The quantitative estimate of drug-likeness (QED) is 0.177. The van der Waals surface area contributed by atoms with Crippen LogP contribution in [0.1, 0.15) is 13.3 Å². The van der Waals surface area contributed by atoms with Gasteiger partial charge in [-0.1, -0.05) is 18.8 Å². The van der Waals surface area contributed by atoms with Crippen molar-refractivity contribution in [3.8, 4) is 0 Å². The van der Waals surface area contributed by atoms with Gasteiger partial charge in [-0.3, -0.25) is 0 Å². The summed E-state index contributed by atoms with van der Waals surface area (Å²) in [4.78, 5) is 11.2. The Bertz CT molecular complexity index is 366. The molecule has 0 N–H and O–H groups in total. The van der Waals surface area contributed by atoms with Crippen molar-refractivity contribution in [2.45, 2.75) is 19.4 Å². The second-order valence-electron chi connectivity index (χ2n) is 4.26. The first-order valence-electron chi connectivity index (χ1n) is 6.68. The lowest BCUT2D eigenvalue weighted by Crippen LogP contribution is -2.42. The molecule has 9 heteroatoms. The molecule has 0 aliphatic rings. The second kappa shape index (κ2) is 12.5. The van der Waals surface area contributed by atoms with Crippen LogP contribution in [-0.4, -0.2) is 57.7 Å². The Morgan fingerprint density at radius 3 is 2.18 bits per heavy atom. The molecule has 128 valence electrons. The molecule has 0 saturated carbocycles. The van der Waals surface area contributed by atoms with E-state index in [-0.39, 0.29) is 5.97 Å². The highest BCUT2D eigenvalue weighted by Crippen LogP contribution is 2.21. The summed E-state index contributed by atoms with van der Waals surface area (Å²) in [6.45, 7) is 5.48. The predicted octanol–water partition coefficient (Wildman–Crippen LogP) is 3.13. The molecule has 0 bridgehead atoms. The van der Waals surface area contributed by atoms with Gasteiger partial charge in [0.2, 0.25) is 0 Å². The van der Waals surface area contributed by atoms with Crippen LogP contribution in [0.15, 0.2) is 12.2 Å². The average Bonchev–Trinajstić information content (AvgIpc) is 2.52. The number of hydrogen-bond donors (Lipinski definition) is 0. The smallest absolute Gasteiger partial charge is 0.461 e. The van der Waals surface area contributed by atoms with Crippen molar-refractivity contribution < 1.29 is 22.8 Å². The predicted molar refractivity (Wildman–Crippen MR) is 99.5 cm³/mol. The Morgan fingerprint density at radius 1 is 1.14 bits per heavy atom. The summed E-state index contributed by atoms with van der Waals surface area (Å²) in [6, 6.07) is 0.757. The molecule has 0 saturated heterocycles. The van der Waals surface area contributed by atoms with Gasteiger partial charge in [0.05, 0.1) is 0 Å². The Morgan fingerprint density at radius 2 is 1.68 bits per heavy atom. The highest BCUT2D eigenvalue weighted by molar-refractivity contribution is 8.47. The number of esters is 1. The third kappa shape index (κ3) is 9.28. The van der Waals surface area contributed by atoms with Crippen LogP contribution in [0.3, 0.4) is 0 Å². The first kappa shape index (κ1) is 22.1. The van der Waals surface area contributed by atoms with Crippen molar-refractivity contribution in [1.82, 2.24) is 0 Å². The second-order valence-corrected chi connectivity index (χ2v) is 10.7. The third-order valence-electron chi connectivity index (χ3n) is 2.67. The number of thioether (sulfide) groups is 2. The molecule has 0 atom stereocenters. The van der Waals surface area contributed by atoms with Crippen molar-refractivity contribution >= 4 is 54.0 Å². The average molecular weight is 385 g/mol. The van der Waals surface area contributed by atoms with Gasteiger partial charge < -0.3 is 18.0 Å². The van der Waals surface area contributed by atoms with E-state index >= 15 is 0 Å². The van der Waals surface area contributed by atoms with Crippen LogP contribution in [0.2, 0.25) is 6.04 Å². The van der Waals surface area contributed by atoms with Gasteiger partial charge in [0.1, 0.15) is 10.1 Å². The zero-order valence-electron chi connectivity index (χ0n) is 13.5. The number of rotatable bonds is 11. The van der Waals surface area contributed by atoms with Gasteiger partial charge in [-0.2, -0.15) is 0 Å². The molecule has 0 aromatic heterocycles. The van der Waals surface area contributed by atoms with Crippen molar-refractivity contribution in [1.29, 1.82) is 0 Å². The molecule has 22 heavy (non-hydrogen) atoms. The van der Waals surface area contributed by atoms with Crippen LogP contribution < -0.4 is 0 Å². The molecule has 5 nitrogen and oxygen atoms in total. The first-order valence-corrected chi connectivity index (χ1v) is 11.0. The van der Waals surface area contributed by atoms with E-state index in [2.05, 4.69) is 6.58 Å². The number of thiocarbonyl (C=S) groups is 1. The van der Waals surface area contributed by atoms with Crippen LogP contribution in [0, 0.1) is 0 Å². The normalized spacial score (nSPS) is 11.3. The summed E-state index contributed by atoms with van der Waals surface area (Å²) in [5.74, 6) is 1.17. The van der Waals surface area contributed by atoms with Gasteiger partial charge in [-0.05, 0) is 19.1 Å². The Labute approximate surface area is 147 Å². The standard InChI is InChI=1S/C13H24O5S3Si/c1-11(2)12(14)18-7-9-21-13(19)20-8-6-10-22(15-3,16-4)17-5/h1,6-10H2,2-5H3. The van der Waals surface area contributed by atoms with E-state index < -0.39 is 8.80 Å². The molecule has 0 fully saturated rings. The molecule has 0 rings (SSSR count). The fourth-order valence-corrected chi connectivity index (χ4v) is 5.53. The molecule has 0 aliphatic heterocycles. The third-order valence-corrected chi connectivity index (χ3v) is 8.25. The minimum atomic E-state index is -2.47. The summed E-state index contributed by atoms with van der Waals surface area (Å²) >= 11 is 8.38. The largest absolute Gasteiger partial charge is 0.500 e. The van der Waals surface area contributed by atoms with Crippen LogP contribution in [0.25, 0.3) is 0 Å². The highest BCUT2D eigenvalue weighted by atomic mass is 32.2. The Hall–Kier alpha value is 0.0969. The number of carbonyl (C=O) groups excluding carboxylic acids is 1. The molecule has 0 unspecified atom stereocenters. The summed E-state index contributed by atoms with van der Waals surface area (Å²) in [5.41, 5.74) is 0.407. The number of ether oxygens (including phenoxy) is 1. The van der Waals surface area contributed by atoms with Crippen molar-refractivity contribution in [3.63, 3.8) is 0 Å². The molecule has 0 aromatic rings. The summed E-state index contributed by atoms with van der Waals surface area (Å²) in [7, 11) is 2.36. The van der Waals surface area contributed by atoms with E-state index in [9.17, 15) is 4.79 Å². The molecular weight excluding hydrogens is 360 g/mol. The minimum absolute atomic E-state index is 0.337. The summed E-state index contributed by atoms with van der Waals surface area (Å²) in [6.07, 6.45) is 0.901.